The molecule has 0 aliphatic heterocycles. The van der Waals surface area contributed by atoms with Crippen LogP contribution < -0.4 is 0 Å². The number of rotatable bonds is 20. The van der Waals surface area contributed by atoms with Crippen molar-refractivity contribution in [1.29, 1.82) is 0 Å². The summed E-state index contributed by atoms with van der Waals surface area (Å²) in [7, 11) is -3.27. The monoisotopic (exact) mass is 508 g/mol. The smallest absolute Gasteiger partial charge is 0.335 e. The Hall–Kier alpha value is -2.21. The molecule has 0 aromatic heterocycles. The van der Waals surface area contributed by atoms with E-state index in [1.807, 2.05) is 30.3 Å². The Morgan fingerprint density at radius 1 is 0.686 bits per heavy atom. The number of carbonyl (C=O) groups is 2. The van der Waals surface area contributed by atoms with Crippen molar-refractivity contribution in [1.82, 2.24) is 0 Å². The first kappa shape index (κ1) is 30.8. The molecule has 0 spiro atoms. The SMILES string of the molecule is C=C(C)C(=O)OCCCCCCOP(=O)(Cc1ccccc1)OCCCCCCOC(=O)C(=C)C. The number of carbonyl (C=O) groups excluding carboxylic acids is 2. The molecule has 0 aliphatic carbocycles. The van der Waals surface area contributed by atoms with Crippen LogP contribution in [0.25, 0.3) is 0 Å². The van der Waals surface area contributed by atoms with Crippen molar-refractivity contribution in [2.75, 3.05) is 26.4 Å². The summed E-state index contributed by atoms with van der Waals surface area (Å²) in [5.74, 6) is -0.725. The third-order valence-corrected chi connectivity index (χ3v) is 6.94. The molecule has 0 atom stereocenters. The molecule has 0 fully saturated rings. The maximum atomic E-state index is 13.4. The van der Waals surface area contributed by atoms with E-state index in [1.54, 1.807) is 13.8 Å². The summed E-state index contributed by atoms with van der Waals surface area (Å²) in [4.78, 5) is 22.7. The number of esters is 2. The van der Waals surface area contributed by atoms with Gasteiger partial charge < -0.3 is 18.5 Å². The van der Waals surface area contributed by atoms with Gasteiger partial charge in [0, 0.05) is 11.1 Å². The van der Waals surface area contributed by atoms with Gasteiger partial charge in [-0.05, 0) is 57.9 Å². The van der Waals surface area contributed by atoms with Crippen molar-refractivity contribution < 1.29 is 32.7 Å². The molecule has 0 saturated carbocycles. The standard InChI is InChI=1S/C27H41O7P/c1-23(2)26(28)31-18-12-5-7-14-20-33-35(30,22-25-16-10-9-11-17-25)34-21-15-8-6-13-19-32-27(29)24(3)4/h9-11,16-17H,1,3,5-8,12-15,18-22H2,2,4H3. The zero-order valence-electron chi connectivity index (χ0n) is 21.3. The molecule has 35 heavy (non-hydrogen) atoms. The summed E-state index contributed by atoms with van der Waals surface area (Å²) in [5, 5.41) is 0. The highest BCUT2D eigenvalue weighted by Gasteiger charge is 2.25. The molecule has 7 nitrogen and oxygen atoms in total. The van der Waals surface area contributed by atoms with Crippen molar-refractivity contribution >= 4 is 19.5 Å². The van der Waals surface area contributed by atoms with E-state index in [0.29, 0.717) is 37.6 Å². The Labute approximate surface area is 210 Å². The molecule has 0 bridgehead atoms. The van der Waals surface area contributed by atoms with Gasteiger partial charge in [0.05, 0.1) is 32.6 Å². The maximum Gasteiger partial charge on any atom is 0.335 e. The van der Waals surface area contributed by atoms with Crippen LogP contribution in [0, 0.1) is 0 Å². The molecule has 0 saturated heterocycles. The number of benzene rings is 1. The minimum Gasteiger partial charge on any atom is -0.462 e. The quantitative estimate of drug-likeness (QED) is 0.0831. The molecule has 1 rings (SSSR count). The summed E-state index contributed by atoms with van der Waals surface area (Å²) >= 11 is 0. The van der Waals surface area contributed by atoms with E-state index in [4.69, 9.17) is 18.5 Å². The highest BCUT2D eigenvalue weighted by atomic mass is 31.2. The van der Waals surface area contributed by atoms with Crippen LogP contribution in [0.1, 0.15) is 70.8 Å². The van der Waals surface area contributed by atoms with E-state index >= 15 is 0 Å². The molecule has 1 aromatic carbocycles. The molecule has 0 unspecified atom stereocenters. The van der Waals surface area contributed by atoms with E-state index < -0.39 is 7.60 Å². The normalized spacial score (nSPS) is 11.1. The summed E-state index contributed by atoms with van der Waals surface area (Å²) in [6, 6.07) is 9.55. The van der Waals surface area contributed by atoms with Gasteiger partial charge in [-0.25, -0.2) is 9.59 Å². The summed E-state index contributed by atoms with van der Waals surface area (Å²) in [6.07, 6.45) is 6.81. The zero-order chi connectivity index (χ0) is 25.9. The van der Waals surface area contributed by atoms with Gasteiger partial charge in [-0.2, -0.15) is 0 Å². The second-order valence-corrected chi connectivity index (χ2v) is 10.6. The highest BCUT2D eigenvalue weighted by molar-refractivity contribution is 7.53. The molecule has 8 heteroatoms. The lowest BCUT2D eigenvalue weighted by Crippen LogP contribution is -2.06. The second-order valence-electron chi connectivity index (χ2n) is 8.58. The Kier molecular flexibility index (Phi) is 16.0. The number of hydrogen-bond donors (Lipinski definition) is 0. The average molecular weight is 509 g/mol. The molecule has 0 heterocycles. The van der Waals surface area contributed by atoms with Gasteiger partial charge in [0.2, 0.25) is 0 Å². The van der Waals surface area contributed by atoms with Crippen molar-refractivity contribution in [3.05, 3.63) is 60.2 Å². The predicted molar refractivity (Wildman–Crippen MR) is 138 cm³/mol. The van der Waals surface area contributed by atoms with Crippen LogP contribution in [-0.4, -0.2) is 38.4 Å². The number of ether oxygens (including phenoxy) is 2. The van der Waals surface area contributed by atoms with Crippen molar-refractivity contribution in [3.8, 4) is 0 Å². The first-order chi connectivity index (χ1) is 16.7. The third kappa shape index (κ3) is 15.4. The largest absolute Gasteiger partial charge is 0.462 e. The van der Waals surface area contributed by atoms with Crippen LogP contribution >= 0.6 is 7.60 Å². The second kappa shape index (κ2) is 18.1. The van der Waals surface area contributed by atoms with E-state index in [2.05, 4.69) is 13.2 Å². The van der Waals surface area contributed by atoms with Crippen molar-refractivity contribution in [2.45, 2.75) is 71.4 Å². The first-order valence-electron chi connectivity index (χ1n) is 12.3. The molecule has 0 amide bonds. The Bertz CT molecular complexity index is 789. The van der Waals surface area contributed by atoms with E-state index in [1.165, 1.54) is 0 Å². The summed E-state index contributed by atoms with van der Waals surface area (Å²) in [5.41, 5.74) is 1.71. The highest BCUT2D eigenvalue weighted by Crippen LogP contribution is 2.51. The Morgan fingerprint density at radius 2 is 1.09 bits per heavy atom. The fraction of sp³-hybridized carbons (Fsp3) is 0.556. The van der Waals surface area contributed by atoms with Crippen LogP contribution in [0.15, 0.2) is 54.6 Å². The first-order valence-corrected chi connectivity index (χ1v) is 14.0. The van der Waals surface area contributed by atoms with Gasteiger partial charge in [0.25, 0.3) is 0 Å². The minimum atomic E-state index is -3.27. The van der Waals surface area contributed by atoms with Crippen molar-refractivity contribution in [2.24, 2.45) is 0 Å². The number of hydrogen-bond acceptors (Lipinski definition) is 7. The van der Waals surface area contributed by atoms with E-state index in [-0.39, 0.29) is 18.1 Å². The van der Waals surface area contributed by atoms with Crippen molar-refractivity contribution in [3.63, 3.8) is 0 Å². The van der Waals surface area contributed by atoms with Crippen LogP contribution in [0.4, 0.5) is 0 Å². The average Bonchev–Trinajstić information content (AvgIpc) is 2.82. The van der Waals surface area contributed by atoms with Crippen LogP contribution in [0.2, 0.25) is 0 Å². The summed E-state index contributed by atoms with van der Waals surface area (Å²) in [6.45, 7) is 11.8. The molecule has 0 aliphatic rings. The lowest BCUT2D eigenvalue weighted by atomic mass is 10.2. The van der Waals surface area contributed by atoms with E-state index in [9.17, 15) is 14.2 Å². The molecular formula is C27H41O7P. The molecule has 1 aromatic rings. The molecule has 0 N–H and O–H groups in total. The van der Waals surface area contributed by atoms with Gasteiger partial charge >= 0.3 is 19.5 Å². The van der Waals surface area contributed by atoms with Crippen LogP contribution in [-0.2, 0) is 38.8 Å². The third-order valence-electron chi connectivity index (χ3n) is 5.04. The molecule has 196 valence electrons. The van der Waals surface area contributed by atoms with Gasteiger partial charge in [0.15, 0.2) is 0 Å². The van der Waals surface area contributed by atoms with Crippen LogP contribution in [0.3, 0.4) is 0 Å². The van der Waals surface area contributed by atoms with Gasteiger partial charge in [-0.3, -0.25) is 4.57 Å². The molecule has 0 radical (unpaired) electrons. The summed E-state index contributed by atoms with van der Waals surface area (Å²) < 4.78 is 35.1. The Morgan fingerprint density at radius 3 is 1.49 bits per heavy atom. The fourth-order valence-electron chi connectivity index (χ4n) is 3.03. The van der Waals surface area contributed by atoms with Gasteiger partial charge in [-0.1, -0.05) is 56.3 Å². The zero-order valence-corrected chi connectivity index (χ0v) is 22.2. The fourth-order valence-corrected chi connectivity index (χ4v) is 4.76. The van der Waals surface area contributed by atoms with Gasteiger partial charge in [0.1, 0.15) is 0 Å². The lowest BCUT2D eigenvalue weighted by Gasteiger charge is -2.19. The van der Waals surface area contributed by atoms with E-state index in [0.717, 1.165) is 56.9 Å². The maximum absolute atomic E-state index is 13.4. The Balaban J connectivity index is 2.30. The lowest BCUT2D eigenvalue weighted by molar-refractivity contribution is -0.139. The number of unbranched alkanes of at least 4 members (excludes halogenated alkanes) is 6. The predicted octanol–water partition coefficient (Wildman–Crippen LogP) is 6.77. The topological polar surface area (TPSA) is 88.1 Å². The molecular weight excluding hydrogens is 467 g/mol. The van der Waals surface area contributed by atoms with Crippen LogP contribution in [0.5, 0.6) is 0 Å². The minimum absolute atomic E-state index is 0.238. The van der Waals surface area contributed by atoms with Gasteiger partial charge in [-0.15, -0.1) is 0 Å².